The fourth-order valence-corrected chi connectivity index (χ4v) is 2.35. The Labute approximate surface area is 143 Å². The fourth-order valence-electron chi connectivity index (χ4n) is 2.12. The van der Waals surface area contributed by atoms with Gasteiger partial charge in [-0.2, -0.15) is 10.6 Å². The third-order valence-electron chi connectivity index (χ3n) is 3.25. The van der Waals surface area contributed by atoms with E-state index in [9.17, 15) is 4.79 Å². The summed E-state index contributed by atoms with van der Waals surface area (Å²) in [7, 11) is 0. The summed E-state index contributed by atoms with van der Waals surface area (Å²) in [5.41, 5.74) is 10.1. The van der Waals surface area contributed by atoms with Gasteiger partial charge in [0.2, 0.25) is 5.91 Å². The number of amidine groups is 1. The average Bonchev–Trinajstić information content (AvgIpc) is 2.96. The molecule has 2 heterocycles. The highest BCUT2D eigenvalue weighted by atomic mass is 35.5. The van der Waals surface area contributed by atoms with Gasteiger partial charge in [-0.1, -0.05) is 16.8 Å². The van der Waals surface area contributed by atoms with Crippen LogP contribution in [0.2, 0.25) is 5.15 Å². The second kappa shape index (κ2) is 8.16. The van der Waals surface area contributed by atoms with Crippen molar-refractivity contribution in [1.29, 1.82) is 10.9 Å². The van der Waals surface area contributed by atoms with Gasteiger partial charge in [-0.3, -0.25) is 15.2 Å². The molecule has 2 aromatic rings. The molecule has 0 spiro atoms. The number of carbonyl (C=O) groups is 1. The lowest BCUT2D eigenvalue weighted by atomic mass is 10.2. The number of carbonyl (C=O) groups excluding carboxylic acids is 1. The number of aromatic nitrogens is 3. The number of pyridine rings is 1. The first-order valence-corrected chi connectivity index (χ1v) is 7.60. The van der Waals surface area contributed by atoms with Crippen LogP contribution in [0.15, 0.2) is 35.9 Å². The van der Waals surface area contributed by atoms with Crippen molar-refractivity contribution in [2.75, 3.05) is 11.4 Å². The lowest BCUT2D eigenvalue weighted by Gasteiger charge is -2.19. The molecule has 0 fully saturated rings. The number of hydrogen-bond acceptors (Lipinski definition) is 6. The minimum absolute atomic E-state index is 0.00607. The van der Waals surface area contributed by atoms with E-state index < -0.39 is 0 Å². The molecule has 9 nitrogen and oxygen atoms in total. The van der Waals surface area contributed by atoms with Crippen LogP contribution in [0.25, 0.3) is 5.69 Å². The van der Waals surface area contributed by atoms with Crippen molar-refractivity contribution in [1.82, 2.24) is 20.2 Å². The zero-order valence-corrected chi connectivity index (χ0v) is 13.8. The van der Waals surface area contributed by atoms with Gasteiger partial charge in [0.1, 0.15) is 11.5 Å². The molecule has 0 aliphatic carbocycles. The van der Waals surface area contributed by atoms with Gasteiger partial charge in [-0.05, 0) is 19.1 Å². The van der Waals surface area contributed by atoms with Crippen LogP contribution in [0.4, 0.5) is 5.69 Å². The molecule has 24 heavy (non-hydrogen) atoms. The van der Waals surface area contributed by atoms with Crippen LogP contribution in [-0.2, 0) is 4.79 Å². The Bertz CT molecular complexity index is 730. The SMILES string of the molecule is CCN(C(=O)CCC(=N)NN=N)c1cn(-c2cccnc2)nc1Cl. The first kappa shape index (κ1) is 17.5. The molecule has 126 valence electrons. The molecule has 0 atom stereocenters. The maximum atomic E-state index is 12.4. The number of anilines is 1. The molecule has 0 aliphatic heterocycles. The first-order chi connectivity index (χ1) is 11.6. The predicted molar refractivity (Wildman–Crippen MR) is 89.6 cm³/mol. The molecular weight excluding hydrogens is 332 g/mol. The van der Waals surface area contributed by atoms with Crippen LogP contribution < -0.4 is 10.3 Å². The Balaban J connectivity index is 2.15. The summed E-state index contributed by atoms with van der Waals surface area (Å²) in [6.07, 6.45) is 5.23. The van der Waals surface area contributed by atoms with E-state index in [-0.39, 0.29) is 29.7 Å². The van der Waals surface area contributed by atoms with E-state index in [0.29, 0.717) is 12.2 Å². The van der Waals surface area contributed by atoms with E-state index in [1.807, 2.05) is 13.0 Å². The van der Waals surface area contributed by atoms with Gasteiger partial charge >= 0.3 is 0 Å². The average molecular weight is 349 g/mol. The number of hydrogen-bond donors (Lipinski definition) is 3. The molecule has 1 amide bonds. The van der Waals surface area contributed by atoms with Crippen molar-refractivity contribution >= 4 is 29.0 Å². The maximum Gasteiger partial charge on any atom is 0.227 e. The van der Waals surface area contributed by atoms with E-state index in [0.717, 1.165) is 5.69 Å². The maximum absolute atomic E-state index is 12.4. The number of rotatable bonds is 7. The number of halogens is 1. The molecule has 0 radical (unpaired) electrons. The Morgan fingerprint density at radius 3 is 2.92 bits per heavy atom. The second-order valence-corrected chi connectivity index (χ2v) is 5.16. The van der Waals surface area contributed by atoms with E-state index in [2.05, 4.69) is 20.7 Å². The number of nitrogens with zero attached hydrogens (tertiary/aromatic N) is 5. The summed E-state index contributed by atoms with van der Waals surface area (Å²) in [5.74, 6) is -0.187. The zero-order chi connectivity index (χ0) is 17.5. The Morgan fingerprint density at radius 1 is 1.50 bits per heavy atom. The molecule has 0 aliphatic rings. The molecule has 10 heteroatoms. The van der Waals surface area contributed by atoms with Crippen LogP contribution in [0.5, 0.6) is 0 Å². The van der Waals surface area contributed by atoms with E-state index in [1.54, 1.807) is 29.3 Å². The van der Waals surface area contributed by atoms with Crippen molar-refractivity contribution in [3.63, 3.8) is 0 Å². The molecule has 0 aromatic carbocycles. The molecule has 2 rings (SSSR count). The van der Waals surface area contributed by atoms with Crippen LogP contribution in [0.1, 0.15) is 19.8 Å². The number of amides is 1. The summed E-state index contributed by atoms with van der Waals surface area (Å²) in [5, 5.41) is 14.8. The highest BCUT2D eigenvalue weighted by Crippen LogP contribution is 2.26. The minimum atomic E-state index is -0.193. The van der Waals surface area contributed by atoms with Gasteiger partial charge in [-0.25, -0.2) is 10.1 Å². The molecular formula is C14H17ClN8O. The Morgan fingerprint density at radius 2 is 2.29 bits per heavy atom. The fraction of sp³-hybridized carbons (Fsp3) is 0.286. The van der Waals surface area contributed by atoms with Gasteiger partial charge in [0.25, 0.3) is 0 Å². The smallest absolute Gasteiger partial charge is 0.227 e. The van der Waals surface area contributed by atoms with Gasteiger partial charge < -0.3 is 4.90 Å². The summed E-state index contributed by atoms with van der Waals surface area (Å²) in [6, 6.07) is 3.61. The topological polar surface area (TPSA) is 123 Å². The summed E-state index contributed by atoms with van der Waals surface area (Å²) < 4.78 is 1.56. The van der Waals surface area contributed by atoms with Gasteiger partial charge in [0.05, 0.1) is 18.1 Å². The highest BCUT2D eigenvalue weighted by Gasteiger charge is 2.20. The van der Waals surface area contributed by atoms with Crippen LogP contribution >= 0.6 is 11.6 Å². The minimum Gasteiger partial charge on any atom is -0.308 e. The van der Waals surface area contributed by atoms with Gasteiger partial charge in [0, 0.05) is 25.6 Å². The normalized spacial score (nSPS) is 10.2. The van der Waals surface area contributed by atoms with Gasteiger partial charge in [0.15, 0.2) is 5.15 Å². The highest BCUT2D eigenvalue weighted by molar-refractivity contribution is 6.32. The molecule has 0 saturated carbocycles. The summed E-state index contributed by atoms with van der Waals surface area (Å²) in [6.45, 7) is 2.25. The van der Waals surface area contributed by atoms with Crippen LogP contribution in [0.3, 0.4) is 0 Å². The third-order valence-corrected chi connectivity index (χ3v) is 3.52. The Hall–Kier alpha value is -2.81. The third kappa shape index (κ3) is 4.13. The quantitative estimate of drug-likeness (QED) is 0.308. The van der Waals surface area contributed by atoms with Crippen molar-refractivity contribution < 1.29 is 4.79 Å². The van der Waals surface area contributed by atoms with Gasteiger partial charge in [-0.15, -0.1) is 0 Å². The summed E-state index contributed by atoms with van der Waals surface area (Å²) in [4.78, 5) is 17.9. The summed E-state index contributed by atoms with van der Waals surface area (Å²) >= 11 is 6.18. The largest absolute Gasteiger partial charge is 0.308 e. The molecule has 2 aromatic heterocycles. The van der Waals surface area contributed by atoms with Crippen LogP contribution in [0, 0.1) is 10.9 Å². The zero-order valence-electron chi connectivity index (χ0n) is 13.0. The Kier molecular flexibility index (Phi) is 5.96. The molecule has 3 N–H and O–H groups in total. The molecule has 0 unspecified atom stereocenters. The van der Waals surface area contributed by atoms with Crippen LogP contribution in [-0.4, -0.2) is 33.1 Å². The molecule has 0 bridgehead atoms. The first-order valence-electron chi connectivity index (χ1n) is 7.22. The molecule has 0 saturated heterocycles. The van der Waals surface area contributed by atoms with Crippen molar-refractivity contribution in [2.45, 2.75) is 19.8 Å². The van der Waals surface area contributed by atoms with Crippen molar-refractivity contribution in [3.05, 3.63) is 35.9 Å². The lowest BCUT2D eigenvalue weighted by Crippen LogP contribution is -2.31. The van der Waals surface area contributed by atoms with Crippen molar-refractivity contribution in [3.8, 4) is 5.69 Å². The monoisotopic (exact) mass is 348 g/mol. The predicted octanol–water partition coefficient (Wildman–Crippen LogP) is 2.57. The van der Waals surface area contributed by atoms with E-state index in [1.165, 1.54) is 4.90 Å². The number of nitrogens with one attached hydrogen (secondary N) is 3. The lowest BCUT2D eigenvalue weighted by molar-refractivity contribution is -0.118. The van der Waals surface area contributed by atoms with Crippen molar-refractivity contribution in [2.24, 2.45) is 5.22 Å². The second-order valence-electron chi connectivity index (χ2n) is 4.80. The standard InChI is InChI=1S/C14H17ClN8O/c1-2-22(13(24)6-5-12(16)19-21-17)11-9-23(20-14(11)15)10-4-3-7-18-8-10/h3-4,7-9H,2,5-6H2,1H3,(H3,16,17,19). The van der Waals surface area contributed by atoms with E-state index in [4.69, 9.17) is 22.5 Å². The van der Waals surface area contributed by atoms with E-state index >= 15 is 0 Å².